The molecule has 1 heterocycles. The molecule has 0 bridgehead atoms. The van der Waals surface area contributed by atoms with Crippen molar-refractivity contribution in [2.75, 3.05) is 53.5 Å². The molecule has 1 aromatic rings. The van der Waals surface area contributed by atoms with Crippen molar-refractivity contribution in [1.82, 2.24) is 15.5 Å². The van der Waals surface area contributed by atoms with Crippen LogP contribution in [0, 0.1) is 5.92 Å². The number of aliphatic imine (C=N–C) groups is 1. The van der Waals surface area contributed by atoms with E-state index in [2.05, 4.69) is 20.5 Å². The van der Waals surface area contributed by atoms with Crippen LogP contribution in [0.1, 0.15) is 24.8 Å². The molecule has 152 valence electrons. The molecular weight excluding hydrogens is 383 g/mol. The molecule has 0 aromatic heterocycles. The molecule has 1 aromatic carbocycles. The van der Waals surface area contributed by atoms with Gasteiger partial charge in [0.2, 0.25) is 0 Å². The van der Waals surface area contributed by atoms with E-state index < -0.39 is 0 Å². The fraction of sp³-hybridized carbons (Fsp3) is 0.650. The predicted molar refractivity (Wildman–Crippen MR) is 115 cm³/mol. The zero-order valence-corrected chi connectivity index (χ0v) is 18.0. The maximum Gasteiger partial charge on any atom is 0.190 e. The van der Waals surface area contributed by atoms with E-state index in [1.54, 1.807) is 13.2 Å². The minimum absolute atomic E-state index is 0.677. The fourth-order valence-corrected chi connectivity index (χ4v) is 3.81. The highest BCUT2D eigenvalue weighted by Gasteiger charge is 2.18. The van der Waals surface area contributed by atoms with Crippen molar-refractivity contribution < 1.29 is 4.74 Å². The molecule has 2 N–H and O–H groups in total. The Balaban J connectivity index is 1.61. The number of hydrogen-bond acceptors (Lipinski definition) is 3. The molecule has 1 aliphatic rings. The van der Waals surface area contributed by atoms with E-state index >= 15 is 0 Å². The second kappa shape index (κ2) is 12.4. The third kappa shape index (κ3) is 8.26. The first-order valence-corrected chi connectivity index (χ1v) is 10.5. The number of rotatable bonds is 9. The molecule has 2 rings (SSSR count). The number of nitrogens with one attached hydrogen (secondary N) is 2. The second-order valence-electron chi connectivity index (χ2n) is 7.00. The van der Waals surface area contributed by atoms with Gasteiger partial charge < -0.3 is 20.3 Å². The van der Waals surface area contributed by atoms with Crippen molar-refractivity contribution in [2.24, 2.45) is 10.9 Å². The minimum atomic E-state index is 0.677. The first-order chi connectivity index (χ1) is 13.1. The number of hydrogen-bond donors (Lipinski definition) is 2. The molecule has 1 saturated heterocycles. The van der Waals surface area contributed by atoms with E-state index in [4.69, 9.17) is 27.9 Å². The van der Waals surface area contributed by atoms with E-state index in [1.807, 2.05) is 19.2 Å². The van der Waals surface area contributed by atoms with Crippen LogP contribution < -0.4 is 10.6 Å². The van der Waals surface area contributed by atoms with Crippen LogP contribution in [-0.4, -0.2) is 64.3 Å². The van der Waals surface area contributed by atoms with Crippen molar-refractivity contribution in [3.05, 3.63) is 33.8 Å². The second-order valence-corrected chi connectivity index (χ2v) is 7.84. The average Bonchev–Trinajstić information content (AvgIpc) is 2.68. The molecule has 0 atom stereocenters. The van der Waals surface area contributed by atoms with Gasteiger partial charge in [0.1, 0.15) is 0 Å². The Kier molecular flexibility index (Phi) is 10.3. The molecule has 5 nitrogen and oxygen atoms in total. The van der Waals surface area contributed by atoms with Crippen LogP contribution in [0.3, 0.4) is 0 Å². The van der Waals surface area contributed by atoms with Gasteiger partial charge in [-0.2, -0.15) is 0 Å². The standard InChI is InChI=1S/C20H32Cl2N4O/c1-23-20(24-9-3-4-17-5-6-18(21)14-19(17)22)25-15-16-7-10-26(11-8-16)12-13-27-2/h5-6,14,16H,3-4,7-13,15H2,1-2H3,(H2,23,24,25). The Morgan fingerprint density at radius 1 is 1.26 bits per heavy atom. The maximum absolute atomic E-state index is 6.22. The Bertz CT molecular complexity index is 589. The van der Waals surface area contributed by atoms with Crippen molar-refractivity contribution >= 4 is 29.2 Å². The molecule has 1 aliphatic heterocycles. The zero-order chi connectivity index (χ0) is 19.5. The van der Waals surface area contributed by atoms with Crippen LogP contribution in [-0.2, 0) is 11.2 Å². The topological polar surface area (TPSA) is 48.9 Å². The summed E-state index contributed by atoms with van der Waals surface area (Å²) in [4.78, 5) is 6.81. The van der Waals surface area contributed by atoms with Crippen LogP contribution in [0.25, 0.3) is 0 Å². The largest absolute Gasteiger partial charge is 0.383 e. The van der Waals surface area contributed by atoms with Gasteiger partial charge in [-0.05, 0) is 62.4 Å². The summed E-state index contributed by atoms with van der Waals surface area (Å²) in [7, 11) is 3.58. The molecule has 1 fully saturated rings. The number of likely N-dealkylation sites (tertiary alicyclic amines) is 1. The van der Waals surface area contributed by atoms with Crippen LogP contribution >= 0.6 is 23.2 Å². The summed E-state index contributed by atoms with van der Waals surface area (Å²) in [5.41, 5.74) is 1.13. The lowest BCUT2D eigenvalue weighted by molar-refractivity contribution is 0.121. The van der Waals surface area contributed by atoms with Crippen molar-refractivity contribution in [1.29, 1.82) is 0 Å². The highest BCUT2D eigenvalue weighted by Crippen LogP contribution is 2.21. The molecule has 0 aliphatic carbocycles. The Morgan fingerprint density at radius 3 is 2.70 bits per heavy atom. The lowest BCUT2D eigenvalue weighted by atomic mass is 9.97. The summed E-state index contributed by atoms with van der Waals surface area (Å²) < 4.78 is 5.16. The lowest BCUT2D eigenvalue weighted by Crippen LogP contribution is -2.43. The number of methoxy groups -OCH3 is 1. The van der Waals surface area contributed by atoms with Gasteiger partial charge in [-0.15, -0.1) is 0 Å². The smallest absolute Gasteiger partial charge is 0.190 e. The molecular formula is C20H32Cl2N4O. The zero-order valence-electron chi connectivity index (χ0n) is 16.4. The highest BCUT2D eigenvalue weighted by atomic mass is 35.5. The summed E-state index contributed by atoms with van der Waals surface area (Å²) in [6.07, 6.45) is 4.35. The minimum Gasteiger partial charge on any atom is -0.383 e. The number of nitrogens with zero attached hydrogens (tertiary/aromatic N) is 2. The number of guanidine groups is 1. The predicted octanol–water partition coefficient (Wildman–Crippen LogP) is 3.45. The monoisotopic (exact) mass is 414 g/mol. The molecule has 0 unspecified atom stereocenters. The molecule has 27 heavy (non-hydrogen) atoms. The number of ether oxygens (including phenoxy) is 1. The molecule has 0 saturated carbocycles. The summed E-state index contributed by atoms with van der Waals surface area (Å²) in [6, 6.07) is 5.68. The summed E-state index contributed by atoms with van der Waals surface area (Å²) in [6.45, 7) is 6.00. The SMILES string of the molecule is CN=C(NCCCc1ccc(Cl)cc1Cl)NCC1CCN(CCOC)CC1. The molecule has 7 heteroatoms. The third-order valence-electron chi connectivity index (χ3n) is 5.03. The number of aryl methyl sites for hydroxylation is 1. The Hall–Kier alpha value is -1.01. The van der Waals surface area contributed by atoms with Crippen LogP contribution in [0.2, 0.25) is 10.0 Å². The van der Waals surface area contributed by atoms with Crippen molar-refractivity contribution in [3.63, 3.8) is 0 Å². The van der Waals surface area contributed by atoms with Gasteiger partial charge in [-0.3, -0.25) is 4.99 Å². The number of benzene rings is 1. The average molecular weight is 415 g/mol. The van der Waals surface area contributed by atoms with Gasteiger partial charge in [0.15, 0.2) is 5.96 Å². The van der Waals surface area contributed by atoms with Gasteiger partial charge >= 0.3 is 0 Å². The van der Waals surface area contributed by atoms with Crippen LogP contribution in [0.4, 0.5) is 0 Å². The van der Waals surface area contributed by atoms with Gasteiger partial charge in [0, 0.05) is 43.8 Å². The van der Waals surface area contributed by atoms with E-state index in [0.29, 0.717) is 10.9 Å². The molecule has 0 amide bonds. The van der Waals surface area contributed by atoms with Crippen LogP contribution in [0.5, 0.6) is 0 Å². The summed E-state index contributed by atoms with van der Waals surface area (Å²) in [5.74, 6) is 1.58. The van der Waals surface area contributed by atoms with Crippen molar-refractivity contribution in [2.45, 2.75) is 25.7 Å². The quantitative estimate of drug-likeness (QED) is 0.369. The van der Waals surface area contributed by atoms with Gasteiger partial charge in [0.25, 0.3) is 0 Å². The van der Waals surface area contributed by atoms with E-state index in [9.17, 15) is 0 Å². The highest BCUT2D eigenvalue weighted by molar-refractivity contribution is 6.35. The first kappa shape index (κ1) is 22.3. The van der Waals surface area contributed by atoms with Gasteiger partial charge in [-0.25, -0.2) is 0 Å². The van der Waals surface area contributed by atoms with Gasteiger partial charge in [-0.1, -0.05) is 29.3 Å². The Morgan fingerprint density at radius 2 is 2.04 bits per heavy atom. The van der Waals surface area contributed by atoms with Crippen molar-refractivity contribution in [3.8, 4) is 0 Å². The van der Waals surface area contributed by atoms with E-state index in [0.717, 1.165) is 68.7 Å². The fourth-order valence-electron chi connectivity index (χ4n) is 3.31. The number of halogens is 2. The lowest BCUT2D eigenvalue weighted by Gasteiger charge is -2.32. The molecule has 0 spiro atoms. The van der Waals surface area contributed by atoms with E-state index in [1.165, 1.54) is 12.8 Å². The third-order valence-corrected chi connectivity index (χ3v) is 5.62. The normalized spacial score (nSPS) is 16.5. The molecule has 0 radical (unpaired) electrons. The van der Waals surface area contributed by atoms with Gasteiger partial charge in [0.05, 0.1) is 6.61 Å². The first-order valence-electron chi connectivity index (χ1n) is 9.72. The van der Waals surface area contributed by atoms with E-state index in [-0.39, 0.29) is 0 Å². The summed E-state index contributed by atoms with van der Waals surface area (Å²) >= 11 is 12.2. The number of piperidine rings is 1. The Labute approximate surface area is 173 Å². The maximum atomic E-state index is 6.22. The van der Waals surface area contributed by atoms with Crippen LogP contribution in [0.15, 0.2) is 23.2 Å². The summed E-state index contributed by atoms with van der Waals surface area (Å²) in [5, 5.41) is 8.27.